The molecule has 1 amide bonds. The molecular formula is C17H33N3O. The molecule has 2 heterocycles. The van der Waals surface area contributed by atoms with Gasteiger partial charge in [-0.2, -0.15) is 0 Å². The second kappa shape index (κ2) is 8.74. The fraction of sp³-hybridized carbons (Fsp3) is 0.941. The van der Waals surface area contributed by atoms with Crippen LogP contribution in [0, 0.1) is 5.92 Å². The smallest absolute Gasteiger partial charge is 0.221 e. The van der Waals surface area contributed by atoms with E-state index in [2.05, 4.69) is 29.4 Å². The molecule has 4 heteroatoms. The summed E-state index contributed by atoms with van der Waals surface area (Å²) in [6.45, 7) is 8.83. The summed E-state index contributed by atoms with van der Waals surface area (Å²) in [5.74, 6) is 0.839. The van der Waals surface area contributed by atoms with Gasteiger partial charge in [-0.1, -0.05) is 13.3 Å². The number of likely N-dealkylation sites (tertiary alicyclic amines) is 1. The molecule has 2 fully saturated rings. The summed E-state index contributed by atoms with van der Waals surface area (Å²) in [5.41, 5.74) is 0. The Morgan fingerprint density at radius 1 is 1.24 bits per heavy atom. The Morgan fingerprint density at radius 2 is 2.10 bits per heavy atom. The van der Waals surface area contributed by atoms with Crippen LogP contribution in [0.3, 0.4) is 0 Å². The van der Waals surface area contributed by atoms with Gasteiger partial charge in [0.1, 0.15) is 0 Å². The molecule has 0 aromatic heterocycles. The highest BCUT2D eigenvalue weighted by atomic mass is 16.1. The molecule has 0 saturated carbocycles. The number of hydrogen-bond acceptors (Lipinski definition) is 3. The van der Waals surface area contributed by atoms with Crippen LogP contribution in [0.5, 0.6) is 0 Å². The highest BCUT2D eigenvalue weighted by Crippen LogP contribution is 2.18. The molecule has 2 aliphatic rings. The van der Waals surface area contributed by atoms with Crippen LogP contribution in [0.4, 0.5) is 0 Å². The van der Waals surface area contributed by atoms with E-state index in [9.17, 15) is 4.79 Å². The number of carbonyl (C=O) groups excluding carboxylic acids is 1. The quantitative estimate of drug-likeness (QED) is 0.738. The van der Waals surface area contributed by atoms with Crippen LogP contribution in [0.1, 0.15) is 58.8 Å². The lowest BCUT2D eigenvalue weighted by Gasteiger charge is -2.33. The van der Waals surface area contributed by atoms with E-state index in [0.29, 0.717) is 18.4 Å². The van der Waals surface area contributed by atoms with E-state index < -0.39 is 0 Å². The highest BCUT2D eigenvalue weighted by molar-refractivity contribution is 5.76. The Bertz CT molecular complexity index is 321. The molecule has 0 aromatic carbocycles. The zero-order chi connectivity index (χ0) is 15.1. The van der Waals surface area contributed by atoms with Crippen molar-refractivity contribution >= 4 is 5.91 Å². The first kappa shape index (κ1) is 16.8. The third-order valence-electron chi connectivity index (χ3n) is 5.22. The minimum Gasteiger partial charge on any atom is -0.356 e. The van der Waals surface area contributed by atoms with Gasteiger partial charge in [0, 0.05) is 31.6 Å². The van der Waals surface area contributed by atoms with Crippen molar-refractivity contribution in [3.8, 4) is 0 Å². The van der Waals surface area contributed by atoms with Gasteiger partial charge in [-0.15, -0.1) is 0 Å². The molecule has 4 nitrogen and oxygen atoms in total. The fourth-order valence-corrected chi connectivity index (χ4v) is 3.66. The molecule has 2 aliphatic heterocycles. The van der Waals surface area contributed by atoms with Crippen molar-refractivity contribution in [2.45, 2.75) is 70.9 Å². The maximum atomic E-state index is 12.0. The summed E-state index contributed by atoms with van der Waals surface area (Å²) in [4.78, 5) is 14.6. The lowest BCUT2D eigenvalue weighted by molar-refractivity contribution is -0.122. The van der Waals surface area contributed by atoms with Crippen LogP contribution < -0.4 is 10.6 Å². The van der Waals surface area contributed by atoms with Gasteiger partial charge in [0.05, 0.1) is 0 Å². The van der Waals surface area contributed by atoms with E-state index in [1.54, 1.807) is 0 Å². The number of amides is 1. The number of nitrogens with zero attached hydrogens (tertiary/aromatic N) is 1. The molecule has 3 atom stereocenters. The molecule has 3 unspecified atom stereocenters. The van der Waals surface area contributed by atoms with Crippen molar-refractivity contribution in [2.75, 3.05) is 26.2 Å². The van der Waals surface area contributed by atoms with Crippen molar-refractivity contribution in [3.05, 3.63) is 0 Å². The average molecular weight is 295 g/mol. The Kier molecular flexibility index (Phi) is 6.97. The Labute approximate surface area is 130 Å². The monoisotopic (exact) mass is 295 g/mol. The van der Waals surface area contributed by atoms with Gasteiger partial charge in [-0.25, -0.2) is 0 Å². The van der Waals surface area contributed by atoms with Crippen molar-refractivity contribution in [3.63, 3.8) is 0 Å². The lowest BCUT2D eigenvalue weighted by atomic mass is 9.90. The first-order valence-corrected chi connectivity index (χ1v) is 8.91. The zero-order valence-electron chi connectivity index (χ0n) is 13.9. The molecule has 2 N–H and O–H groups in total. The first-order chi connectivity index (χ1) is 10.2. The summed E-state index contributed by atoms with van der Waals surface area (Å²) in [6.07, 6.45) is 8.25. The van der Waals surface area contributed by atoms with Crippen molar-refractivity contribution < 1.29 is 4.79 Å². The summed E-state index contributed by atoms with van der Waals surface area (Å²) >= 11 is 0. The highest BCUT2D eigenvalue weighted by Gasteiger charge is 2.23. The second-order valence-electron chi connectivity index (χ2n) is 6.97. The second-order valence-corrected chi connectivity index (χ2v) is 6.97. The van der Waals surface area contributed by atoms with Gasteiger partial charge < -0.3 is 15.5 Å². The molecular weight excluding hydrogens is 262 g/mol. The van der Waals surface area contributed by atoms with Crippen molar-refractivity contribution in [1.82, 2.24) is 15.5 Å². The van der Waals surface area contributed by atoms with Crippen LogP contribution >= 0.6 is 0 Å². The minimum atomic E-state index is 0.216. The third kappa shape index (κ3) is 5.59. The lowest BCUT2D eigenvalue weighted by Crippen LogP contribution is -2.44. The molecule has 2 saturated heterocycles. The van der Waals surface area contributed by atoms with Crippen LogP contribution in [0.15, 0.2) is 0 Å². The van der Waals surface area contributed by atoms with Gasteiger partial charge in [-0.3, -0.25) is 4.79 Å². The van der Waals surface area contributed by atoms with E-state index in [1.165, 1.54) is 38.6 Å². The van der Waals surface area contributed by atoms with Crippen LogP contribution in [0.25, 0.3) is 0 Å². The van der Waals surface area contributed by atoms with E-state index in [0.717, 1.165) is 32.1 Å². The Balaban J connectivity index is 1.56. The molecule has 0 spiro atoms. The standard InChI is InChI=1S/C17H33N3O/c1-14-7-5-9-18-16(14)13-17(21)19-10-6-12-20-11-4-3-8-15(20)2/h14-16,18H,3-13H2,1-2H3,(H,19,21). The topological polar surface area (TPSA) is 44.4 Å². The van der Waals surface area contributed by atoms with E-state index in [1.807, 2.05) is 0 Å². The molecule has 0 radical (unpaired) electrons. The molecule has 0 bridgehead atoms. The predicted octanol–water partition coefficient (Wildman–Crippen LogP) is 2.15. The van der Waals surface area contributed by atoms with E-state index in [-0.39, 0.29) is 5.91 Å². The molecule has 2 rings (SSSR count). The number of rotatable bonds is 6. The van der Waals surface area contributed by atoms with Crippen LogP contribution in [0.2, 0.25) is 0 Å². The summed E-state index contributed by atoms with van der Waals surface area (Å²) in [7, 11) is 0. The molecule has 122 valence electrons. The van der Waals surface area contributed by atoms with Gasteiger partial charge in [0.2, 0.25) is 5.91 Å². The maximum Gasteiger partial charge on any atom is 0.221 e. The fourth-order valence-electron chi connectivity index (χ4n) is 3.66. The van der Waals surface area contributed by atoms with Crippen LogP contribution in [-0.4, -0.2) is 49.1 Å². The number of hydrogen-bond donors (Lipinski definition) is 2. The first-order valence-electron chi connectivity index (χ1n) is 8.91. The molecule has 21 heavy (non-hydrogen) atoms. The Hall–Kier alpha value is -0.610. The summed E-state index contributed by atoms with van der Waals surface area (Å²) in [5, 5.41) is 6.58. The SMILES string of the molecule is CC1CCCNC1CC(=O)NCCCN1CCCCC1C. The summed E-state index contributed by atoms with van der Waals surface area (Å²) in [6, 6.07) is 1.10. The van der Waals surface area contributed by atoms with Crippen molar-refractivity contribution in [2.24, 2.45) is 5.92 Å². The molecule has 0 aromatic rings. The number of piperidine rings is 2. The van der Waals surface area contributed by atoms with Gasteiger partial charge >= 0.3 is 0 Å². The average Bonchev–Trinajstić information content (AvgIpc) is 2.48. The van der Waals surface area contributed by atoms with Crippen molar-refractivity contribution in [1.29, 1.82) is 0 Å². The number of nitrogens with one attached hydrogen (secondary N) is 2. The molecule has 0 aliphatic carbocycles. The minimum absolute atomic E-state index is 0.216. The summed E-state index contributed by atoms with van der Waals surface area (Å²) < 4.78 is 0. The van der Waals surface area contributed by atoms with Gasteiger partial charge in [0.15, 0.2) is 0 Å². The van der Waals surface area contributed by atoms with Crippen LogP contribution in [-0.2, 0) is 4.79 Å². The number of carbonyl (C=O) groups is 1. The van der Waals surface area contributed by atoms with E-state index >= 15 is 0 Å². The predicted molar refractivity (Wildman–Crippen MR) is 87.3 cm³/mol. The van der Waals surface area contributed by atoms with E-state index in [4.69, 9.17) is 0 Å². The maximum absolute atomic E-state index is 12.0. The zero-order valence-corrected chi connectivity index (χ0v) is 13.9. The normalized spacial score (nSPS) is 31.0. The largest absolute Gasteiger partial charge is 0.356 e. The van der Waals surface area contributed by atoms with Gasteiger partial charge in [-0.05, 0) is 58.0 Å². The third-order valence-corrected chi connectivity index (χ3v) is 5.22. The Morgan fingerprint density at radius 3 is 2.86 bits per heavy atom. The van der Waals surface area contributed by atoms with Gasteiger partial charge in [0.25, 0.3) is 0 Å².